The summed E-state index contributed by atoms with van der Waals surface area (Å²) in [7, 11) is 1.16. The van der Waals surface area contributed by atoms with Crippen molar-refractivity contribution in [3.8, 4) is 0 Å². The summed E-state index contributed by atoms with van der Waals surface area (Å²) in [4.78, 5) is 14.6. The molecule has 1 aliphatic rings. The molecule has 3 rings (SSSR count). The van der Waals surface area contributed by atoms with Crippen molar-refractivity contribution in [2.75, 3.05) is 23.3 Å². The fourth-order valence-corrected chi connectivity index (χ4v) is 3.19. The largest absolute Gasteiger partial charge is 0.433 e. The molecule has 1 aromatic heterocycles. The van der Waals surface area contributed by atoms with E-state index < -0.39 is 23.3 Å². The second-order valence-corrected chi connectivity index (χ2v) is 6.70. The van der Waals surface area contributed by atoms with Crippen molar-refractivity contribution in [3.63, 3.8) is 0 Å². The highest BCUT2D eigenvalue weighted by Crippen LogP contribution is 2.32. The first kappa shape index (κ1) is 18.3. The molecule has 0 spiro atoms. The summed E-state index contributed by atoms with van der Waals surface area (Å²) in [5.41, 5.74) is -0.131. The van der Waals surface area contributed by atoms with E-state index >= 15 is 0 Å². The second-order valence-electron chi connectivity index (χ2n) is 6.70. The van der Waals surface area contributed by atoms with Gasteiger partial charge in [0.1, 0.15) is 0 Å². The normalized spacial score (nSPS) is 16.0. The van der Waals surface area contributed by atoms with Crippen molar-refractivity contribution in [1.82, 2.24) is 9.78 Å². The standard InChI is InChI=1S/C18H21F3N4O/c1-12-6-8-25(9-7-12)14-5-3-4-13(10-14)23-17(26)15-11-22-24(2)16(15)18(19,20)21/h3-5,10-12H,6-9H2,1-2H3,(H,23,26). The number of carbonyl (C=O) groups excluding carboxylic acids is 1. The zero-order chi connectivity index (χ0) is 18.9. The average molecular weight is 366 g/mol. The molecule has 1 saturated heterocycles. The van der Waals surface area contributed by atoms with E-state index in [4.69, 9.17) is 0 Å². The van der Waals surface area contributed by atoms with E-state index in [9.17, 15) is 18.0 Å². The van der Waals surface area contributed by atoms with E-state index in [0.29, 0.717) is 16.3 Å². The lowest BCUT2D eigenvalue weighted by molar-refractivity contribution is -0.144. The van der Waals surface area contributed by atoms with Crippen LogP contribution in [0.1, 0.15) is 35.8 Å². The van der Waals surface area contributed by atoms with Gasteiger partial charge in [-0.1, -0.05) is 13.0 Å². The number of hydrogen-bond acceptors (Lipinski definition) is 3. The van der Waals surface area contributed by atoms with Gasteiger partial charge in [0.05, 0.1) is 11.8 Å². The Morgan fingerprint density at radius 3 is 2.62 bits per heavy atom. The number of amides is 1. The van der Waals surface area contributed by atoms with Gasteiger partial charge >= 0.3 is 6.18 Å². The van der Waals surface area contributed by atoms with Crippen LogP contribution in [0.4, 0.5) is 24.5 Å². The van der Waals surface area contributed by atoms with Crippen molar-refractivity contribution < 1.29 is 18.0 Å². The number of halogens is 3. The fraction of sp³-hybridized carbons (Fsp3) is 0.444. The molecule has 1 N–H and O–H groups in total. The lowest BCUT2D eigenvalue weighted by Crippen LogP contribution is -2.32. The number of carbonyl (C=O) groups is 1. The Morgan fingerprint density at radius 1 is 1.27 bits per heavy atom. The minimum atomic E-state index is -4.65. The van der Waals surface area contributed by atoms with Crippen molar-refractivity contribution in [2.45, 2.75) is 25.9 Å². The van der Waals surface area contributed by atoms with Gasteiger partial charge < -0.3 is 10.2 Å². The SMILES string of the molecule is CC1CCN(c2cccc(NC(=O)c3cnn(C)c3C(F)(F)F)c2)CC1. The summed E-state index contributed by atoms with van der Waals surface area (Å²) in [5, 5.41) is 6.12. The smallest absolute Gasteiger partial charge is 0.371 e. The Kier molecular flexibility index (Phi) is 4.93. The molecule has 1 amide bonds. The first-order valence-corrected chi connectivity index (χ1v) is 8.51. The third-order valence-electron chi connectivity index (χ3n) is 4.70. The molecule has 0 saturated carbocycles. The summed E-state index contributed by atoms with van der Waals surface area (Å²) >= 11 is 0. The maximum absolute atomic E-state index is 13.1. The van der Waals surface area contributed by atoms with Crippen LogP contribution in [0.5, 0.6) is 0 Å². The monoisotopic (exact) mass is 366 g/mol. The molecule has 0 aliphatic carbocycles. The van der Waals surface area contributed by atoms with Gasteiger partial charge in [-0.3, -0.25) is 9.48 Å². The number of nitrogens with one attached hydrogen (secondary N) is 1. The van der Waals surface area contributed by atoms with Crippen molar-refractivity contribution >= 4 is 17.3 Å². The van der Waals surface area contributed by atoms with E-state index in [1.165, 1.54) is 0 Å². The molecule has 2 heterocycles. The van der Waals surface area contributed by atoms with Crippen molar-refractivity contribution in [2.24, 2.45) is 13.0 Å². The zero-order valence-corrected chi connectivity index (χ0v) is 14.7. The van der Waals surface area contributed by atoms with Gasteiger partial charge in [0.15, 0.2) is 5.69 Å². The molecule has 0 unspecified atom stereocenters. The summed E-state index contributed by atoms with van der Waals surface area (Å²) in [6.45, 7) is 4.08. The van der Waals surface area contributed by atoms with E-state index in [-0.39, 0.29) is 0 Å². The molecule has 1 fully saturated rings. The molecule has 1 aromatic carbocycles. The topological polar surface area (TPSA) is 50.2 Å². The highest BCUT2D eigenvalue weighted by atomic mass is 19.4. The number of benzene rings is 1. The van der Waals surface area contributed by atoms with Gasteiger partial charge in [-0.15, -0.1) is 0 Å². The van der Waals surface area contributed by atoms with Gasteiger partial charge in [0.25, 0.3) is 5.91 Å². The van der Waals surface area contributed by atoms with E-state index in [2.05, 4.69) is 22.2 Å². The lowest BCUT2D eigenvalue weighted by atomic mass is 9.99. The van der Waals surface area contributed by atoms with Crippen molar-refractivity contribution in [3.05, 3.63) is 41.7 Å². The molecule has 1 aliphatic heterocycles. The number of aromatic nitrogens is 2. The highest BCUT2D eigenvalue weighted by Gasteiger charge is 2.39. The Labute approximate surface area is 149 Å². The third kappa shape index (κ3) is 3.84. The number of nitrogens with zero attached hydrogens (tertiary/aromatic N) is 3. The summed E-state index contributed by atoms with van der Waals surface area (Å²) in [6, 6.07) is 7.18. The first-order chi connectivity index (χ1) is 12.3. The molecule has 0 atom stereocenters. The number of alkyl halides is 3. The molecule has 140 valence electrons. The predicted molar refractivity (Wildman–Crippen MR) is 93.2 cm³/mol. The van der Waals surface area contributed by atoms with Crippen LogP contribution in [0, 0.1) is 5.92 Å². The van der Waals surface area contributed by atoms with E-state index in [1.807, 2.05) is 6.07 Å². The Bertz CT molecular complexity index is 792. The molecular formula is C18H21F3N4O. The van der Waals surface area contributed by atoms with Crippen LogP contribution >= 0.6 is 0 Å². The average Bonchev–Trinajstić information content (AvgIpc) is 2.98. The Hall–Kier alpha value is -2.51. The molecule has 2 aromatic rings. The molecule has 5 nitrogen and oxygen atoms in total. The predicted octanol–water partition coefficient (Wildman–Crippen LogP) is 3.93. The minimum absolute atomic E-state index is 0.461. The first-order valence-electron chi connectivity index (χ1n) is 8.51. The summed E-state index contributed by atoms with van der Waals surface area (Å²) in [6.07, 6.45) is -1.51. The quantitative estimate of drug-likeness (QED) is 0.896. The van der Waals surface area contributed by atoms with Crippen LogP contribution in [0.25, 0.3) is 0 Å². The van der Waals surface area contributed by atoms with E-state index in [0.717, 1.165) is 44.9 Å². The molecule has 0 bridgehead atoms. The van der Waals surface area contributed by atoms with Gasteiger partial charge in [0.2, 0.25) is 0 Å². The van der Waals surface area contributed by atoms with Crippen molar-refractivity contribution in [1.29, 1.82) is 0 Å². The maximum Gasteiger partial charge on any atom is 0.433 e. The van der Waals surface area contributed by atoms with Crippen LogP contribution in [-0.4, -0.2) is 28.8 Å². The number of hydrogen-bond donors (Lipinski definition) is 1. The molecule has 0 radical (unpaired) electrons. The Morgan fingerprint density at radius 2 is 1.96 bits per heavy atom. The van der Waals surface area contributed by atoms with Gasteiger partial charge in [0, 0.05) is 31.5 Å². The maximum atomic E-state index is 13.1. The second kappa shape index (κ2) is 7.01. The highest BCUT2D eigenvalue weighted by molar-refractivity contribution is 6.05. The van der Waals surface area contributed by atoms with Gasteiger partial charge in [-0.05, 0) is 37.0 Å². The lowest BCUT2D eigenvalue weighted by Gasteiger charge is -2.32. The van der Waals surface area contributed by atoms with Gasteiger partial charge in [-0.25, -0.2) is 0 Å². The van der Waals surface area contributed by atoms with Crippen LogP contribution in [-0.2, 0) is 13.2 Å². The zero-order valence-electron chi connectivity index (χ0n) is 14.7. The fourth-order valence-electron chi connectivity index (χ4n) is 3.19. The number of piperidine rings is 1. The van der Waals surface area contributed by atoms with Crippen LogP contribution in [0.15, 0.2) is 30.5 Å². The van der Waals surface area contributed by atoms with Crippen LogP contribution in [0.2, 0.25) is 0 Å². The molecule has 8 heteroatoms. The number of rotatable bonds is 3. The Balaban J connectivity index is 1.78. The van der Waals surface area contributed by atoms with Crippen LogP contribution < -0.4 is 10.2 Å². The number of aryl methyl sites for hydroxylation is 1. The molecular weight excluding hydrogens is 345 g/mol. The molecule has 26 heavy (non-hydrogen) atoms. The summed E-state index contributed by atoms with van der Waals surface area (Å²) < 4.78 is 40.1. The van der Waals surface area contributed by atoms with E-state index in [1.54, 1.807) is 18.2 Å². The van der Waals surface area contributed by atoms with Gasteiger partial charge in [-0.2, -0.15) is 18.3 Å². The summed E-state index contributed by atoms with van der Waals surface area (Å²) in [5.74, 6) is -0.129. The number of anilines is 2. The third-order valence-corrected chi connectivity index (χ3v) is 4.70. The minimum Gasteiger partial charge on any atom is -0.371 e. The van der Waals surface area contributed by atoms with Crippen LogP contribution in [0.3, 0.4) is 0 Å².